The Morgan fingerprint density at radius 2 is 2.25 bits per heavy atom. The third kappa shape index (κ3) is 3.74. The number of anilines is 2. The molecule has 1 fully saturated rings. The standard InChI is InChI=1S/C13H20N4O3/c1-19-13-10(14)2-3-11(16-13)15-5-4-12(18)17-6-8-20-9-7-17/h2-3H,4-9,14H2,1H3,(H,15,16). The van der Waals surface area contributed by atoms with E-state index in [1.807, 2.05) is 4.90 Å². The Balaban J connectivity index is 1.79. The Labute approximate surface area is 118 Å². The Bertz CT molecular complexity index is 461. The SMILES string of the molecule is COc1nc(NCCC(=O)N2CCOCC2)ccc1N. The monoisotopic (exact) mass is 280 g/mol. The van der Waals surface area contributed by atoms with Crippen LogP contribution in [0.3, 0.4) is 0 Å². The Kier molecular flexibility index (Phi) is 5.00. The van der Waals surface area contributed by atoms with Crippen molar-refractivity contribution in [2.45, 2.75) is 6.42 Å². The Morgan fingerprint density at radius 1 is 1.50 bits per heavy atom. The van der Waals surface area contributed by atoms with E-state index in [2.05, 4.69) is 10.3 Å². The minimum absolute atomic E-state index is 0.128. The number of carbonyl (C=O) groups is 1. The van der Waals surface area contributed by atoms with Gasteiger partial charge in [0.1, 0.15) is 5.82 Å². The molecular formula is C13H20N4O3. The number of pyridine rings is 1. The van der Waals surface area contributed by atoms with Gasteiger partial charge in [-0.25, -0.2) is 0 Å². The molecule has 1 saturated heterocycles. The van der Waals surface area contributed by atoms with Crippen molar-refractivity contribution in [3.63, 3.8) is 0 Å². The molecular weight excluding hydrogens is 260 g/mol. The zero-order chi connectivity index (χ0) is 14.4. The average molecular weight is 280 g/mol. The van der Waals surface area contributed by atoms with Crippen molar-refractivity contribution in [2.24, 2.45) is 0 Å². The smallest absolute Gasteiger partial charge is 0.238 e. The summed E-state index contributed by atoms with van der Waals surface area (Å²) in [6.45, 7) is 3.11. The lowest BCUT2D eigenvalue weighted by atomic mass is 10.3. The lowest BCUT2D eigenvalue weighted by Crippen LogP contribution is -2.41. The normalized spacial score (nSPS) is 14.9. The van der Waals surface area contributed by atoms with E-state index in [-0.39, 0.29) is 5.91 Å². The van der Waals surface area contributed by atoms with Crippen LogP contribution in [-0.2, 0) is 9.53 Å². The molecule has 1 amide bonds. The molecule has 0 spiro atoms. The Morgan fingerprint density at radius 3 is 2.95 bits per heavy atom. The fourth-order valence-corrected chi connectivity index (χ4v) is 1.98. The van der Waals surface area contributed by atoms with Gasteiger partial charge in [0.15, 0.2) is 0 Å². The fourth-order valence-electron chi connectivity index (χ4n) is 1.98. The van der Waals surface area contributed by atoms with Gasteiger partial charge in [-0.1, -0.05) is 0 Å². The van der Waals surface area contributed by atoms with Crippen LogP contribution in [0.1, 0.15) is 6.42 Å². The van der Waals surface area contributed by atoms with Gasteiger partial charge in [-0.2, -0.15) is 4.98 Å². The molecule has 1 aliphatic rings. The number of carbonyl (C=O) groups excluding carboxylic acids is 1. The first-order valence-electron chi connectivity index (χ1n) is 6.60. The number of methoxy groups -OCH3 is 1. The van der Waals surface area contributed by atoms with Gasteiger partial charge >= 0.3 is 0 Å². The summed E-state index contributed by atoms with van der Waals surface area (Å²) >= 11 is 0. The van der Waals surface area contributed by atoms with Gasteiger partial charge in [0.05, 0.1) is 26.0 Å². The molecule has 1 aliphatic heterocycles. The number of morpholine rings is 1. The lowest BCUT2D eigenvalue weighted by molar-refractivity contribution is -0.134. The highest BCUT2D eigenvalue weighted by molar-refractivity contribution is 5.76. The highest BCUT2D eigenvalue weighted by atomic mass is 16.5. The van der Waals surface area contributed by atoms with E-state index < -0.39 is 0 Å². The molecule has 0 unspecified atom stereocenters. The number of nitrogens with zero attached hydrogens (tertiary/aromatic N) is 2. The fraction of sp³-hybridized carbons (Fsp3) is 0.538. The number of amides is 1. The summed E-state index contributed by atoms with van der Waals surface area (Å²) in [5, 5.41) is 3.09. The number of rotatable bonds is 5. The van der Waals surface area contributed by atoms with E-state index in [0.717, 1.165) is 0 Å². The molecule has 1 aromatic rings. The molecule has 0 saturated carbocycles. The van der Waals surface area contributed by atoms with Crippen LogP contribution in [0.5, 0.6) is 5.88 Å². The van der Waals surface area contributed by atoms with Crippen molar-refractivity contribution in [3.05, 3.63) is 12.1 Å². The van der Waals surface area contributed by atoms with Gasteiger partial charge in [-0.3, -0.25) is 4.79 Å². The maximum atomic E-state index is 11.9. The molecule has 20 heavy (non-hydrogen) atoms. The number of aromatic nitrogens is 1. The second kappa shape index (κ2) is 6.95. The highest BCUT2D eigenvalue weighted by Gasteiger charge is 2.16. The van der Waals surface area contributed by atoms with Crippen LogP contribution in [0, 0.1) is 0 Å². The zero-order valence-electron chi connectivity index (χ0n) is 11.6. The molecule has 0 radical (unpaired) electrons. The maximum absolute atomic E-state index is 11.9. The largest absolute Gasteiger partial charge is 0.479 e. The second-order valence-electron chi connectivity index (χ2n) is 4.46. The maximum Gasteiger partial charge on any atom is 0.238 e. The average Bonchev–Trinajstić information content (AvgIpc) is 2.49. The number of ether oxygens (including phenoxy) is 2. The molecule has 0 aromatic carbocycles. The molecule has 2 rings (SSSR count). The third-order valence-electron chi connectivity index (χ3n) is 3.09. The topological polar surface area (TPSA) is 89.7 Å². The summed E-state index contributed by atoms with van der Waals surface area (Å²) < 4.78 is 10.3. The van der Waals surface area contributed by atoms with Gasteiger partial charge in [-0.15, -0.1) is 0 Å². The van der Waals surface area contributed by atoms with Crippen molar-refractivity contribution in [1.29, 1.82) is 0 Å². The van der Waals surface area contributed by atoms with Crippen LogP contribution in [0.4, 0.5) is 11.5 Å². The van der Waals surface area contributed by atoms with Gasteiger partial charge in [0, 0.05) is 26.1 Å². The number of nitrogen functional groups attached to an aromatic ring is 1. The van der Waals surface area contributed by atoms with Crippen LogP contribution in [0.15, 0.2) is 12.1 Å². The molecule has 7 nitrogen and oxygen atoms in total. The molecule has 0 atom stereocenters. The first-order chi connectivity index (χ1) is 9.70. The number of hydrogen-bond donors (Lipinski definition) is 2. The summed E-state index contributed by atoms with van der Waals surface area (Å²) in [5.41, 5.74) is 6.17. The first kappa shape index (κ1) is 14.4. The van der Waals surface area contributed by atoms with Crippen molar-refractivity contribution < 1.29 is 14.3 Å². The van der Waals surface area contributed by atoms with Crippen LogP contribution in [0.2, 0.25) is 0 Å². The second-order valence-corrected chi connectivity index (χ2v) is 4.46. The number of nitrogens with two attached hydrogens (primary N) is 1. The molecule has 0 aliphatic carbocycles. The van der Waals surface area contributed by atoms with Crippen LogP contribution in [-0.4, -0.2) is 55.7 Å². The zero-order valence-corrected chi connectivity index (χ0v) is 11.6. The molecule has 1 aromatic heterocycles. The summed E-state index contributed by atoms with van der Waals surface area (Å²) in [5.74, 6) is 1.16. The van der Waals surface area contributed by atoms with Crippen molar-refractivity contribution in [2.75, 3.05) is 51.0 Å². The van der Waals surface area contributed by atoms with E-state index >= 15 is 0 Å². The van der Waals surface area contributed by atoms with E-state index in [1.54, 1.807) is 12.1 Å². The van der Waals surface area contributed by atoms with E-state index in [9.17, 15) is 4.79 Å². The van der Waals surface area contributed by atoms with Crippen molar-refractivity contribution >= 4 is 17.4 Å². The minimum atomic E-state index is 0.128. The molecule has 0 bridgehead atoms. The third-order valence-corrected chi connectivity index (χ3v) is 3.09. The van der Waals surface area contributed by atoms with Crippen molar-refractivity contribution in [3.8, 4) is 5.88 Å². The van der Waals surface area contributed by atoms with Crippen LogP contribution < -0.4 is 15.8 Å². The molecule has 110 valence electrons. The van der Waals surface area contributed by atoms with E-state index in [4.69, 9.17) is 15.2 Å². The van der Waals surface area contributed by atoms with Crippen LogP contribution in [0.25, 0.3) is 0 Å². The molecule has 7 heteroatoms. The summed E-state index contributed by atoms with van der Waals surface area (Å²) in [7, 11) is 1.52. The minimum Gasteiger partial charge on any atom is -0.479 e. The van der Waals surface area contributed by atoms with Crippen LogP contribution >= 0.6 is 0 Å². The predicted molar refractivity (Wildman–Crippen MR) is 75.7 cm³/mol. The predicted octanol–water partition coefficient (Wildman–Crippen LogP) is 0.333. The van der Waals surface area contributed by atoms with Gasteiger partial charge in [0.2, 0.25) is 11.8 Å². The first-order valence-corrected chi connectivity index (χ1v) is 6.60. The summed E-state index contributed by atoms with van der Waals surface area (Å²) in [6, 6.07) is 3.48. The number of hydrogen-bond acceptors (Lipinski definition) is 6. The van der Waals surface area contributed by atoms with E-state index in [0.29, 0.717) is 56.7 Å². The lowest BCUT2D eigenvalue weighted by Gasteiger charge is -2.26. The van der Waals surface area contributed by atoms with Gasteiger partial charge < -0.3 is 25.4 Å². The highest BCUT2D eigenvalue weighted by Crippen LogP contribution is 2.19. The summed E-state index contributed by atoms with van der Waals surface area (Å²) in [4.78, 5) is 17.9. The summed E-state index contributed by atoms with van der Waals surface area (Å²) in [6.07, 6.45) is 0.425. The molecule has 3 N–H and O–H groups in total. The van der Waals surface area contributed by atoms with E-state index in [1.165, 1.54) is 7.11 Å². The Hall–Kier alpha value is -2.02. The molecule has 2 heterocycles. The van der Waals surface area contributed by atoms with Gasteiger partial charge in [0.25, 0.3) is 0 Å². The van der Waals surface area contributed by atoms with Crippen molar-refractivity contribution in [1.82, 2.24) is 9.88 Å². The van der Waals surface area contributed by atoms with Gasteiger partial charge in [-0.05, 0) is 12.1 Å². The quantitative estimate of drug-likeness (QED) is 0.808. The number of nitrogens with one attached hydrogen (secondary N) is 1.